The average molecular weight is 244 g/mol. The number of rotatable bonds is 2. The van der Waals surface area contributed by atoms with Crippen LogP contribution in [0.25, 0.3) is 0 Å². The molecule has 88 valence electrons. The van der Waals surface area contributed by atoms with Gasteiger partial charge in [-0.2, -0.15) is 10.5 Å². The topological polar surface area (TPSA) is 65.4 Å². The van der Waals surface area contributed by atoms with Crippen molar-refractivity contribution in [1.82, 2.24) is 9.55 Å². The van der Waals surface area contributed by atoms with Crippen molar-refractivity contribution in [2.75, 3.05) is 0 Å². The summed E-state index contributed by atoms with van der Waals surface area (Å²) in [5, 5.41) is 17.6. The highest BCUT2D eigenvalue weighted by Crippen LogP contribution is 2.15. The summed E-state index contributed by atoms with van der Waals surface area (Å²) < 4.78 is 28.1. The first-order valence-corrected chi connectivity index (χ1v) is 4.95. The maximum atomic E-state index is 13.4. The van der Waals surface area contributed by atoms with E-state index < -0.39 is 11.6 Å². The molecule has 0 amide bonds. The molecule has 0 saturated carbocycles. The molecule has 6 heteroatoms. The first-order valence-electron chi connectivity index (χ1n) is 4.95. The zero-order chi connectivity index (χ0) is 13.1. The summed E-state index contributed by atoms with van der Waals surface area (Å²) in [5.74, 6) is -1.41. The predicted molar refractivity (Wildman–Crippen MR) is 57.1 cm³/mol. The summed E-state index contributed by atoms with van der Waals surface area (Å²) >= 11 is 0. The molecule has 0 radical (unpaired) electrons. The average Bonchev–Trinajstić information content (AvgIpc) is 2.75. The van der Waals surface area contributed by atoms with Gasteiger partial charge in [0.25, 0.3) is 0 Å². The molecule has 1 aromatic heterocycles. The zero-order valence-electron chi connectivity index (χ0n) is 9.06. The molecule has 18 heavy (non-hydrogen) atoms. The highest BCUT2D eigenvalue weighted by molar-refractivity contribution is 5.36. The number of nitrogens with zero attached hydrogens (tertiary/aromatic N) is 4. The third-order valence-corrected chi connectivity index (χ3v) is 2.44. The lowest BCUT2D eigenvalue weighted by molar-refractivity contribution is 0.543. The Balaban J connectivity index is 2.45. The van der Waals surface area contributed by atoms with Crippen LogP contribution in [0.15, 0.2) is 24.5 Å². The lowest BCUT2D eigenvalue weighted by atomic mass is 10.2. The smallest absolute Gasteiger partial charge is 0.176 e. The number of imidazole rings is 1. The van der Waals surface area contributed by atoms with Gasteiger partial charge in [0.1, 0.15) is 23.8 Å². The van der Waals surface area contributed by atoms with Gasteiger partial charge in [-0.05, 0) is 12.1 Å². The molecule has 0 aliphatic carbocycles. The van der Waals surface area contributed by atoms with Gasteiger partial charge in [0.05, 0.1) is 12.9 Å². The zero-order valence-corrected chi connectivity index (χ0v) is 9.06. The van der Waals surface area contributed by atoms with Gasteiger partial charge in [-0.25, -0.2) is 13.8 Å². The van der Waals surface area contributed by atoms with Crippen LogP contribution in [0.5, 0.6) is 0 Å². The van der Waals surface area contributed by atoms with E-state index in [0.29, 0.717) is 0 Å². The molecular formula is C12H6F2N4. The largest absolute Gasteiger partial charge is 0.317 e. The van der Waals surface area contributed by atoms with Crippen molar-refractivity contribution in [3.05, 3.63) is 53.1 Å². The van der Waals surface area contributed by atoms with Gasteiger partial charge in [0, 0.05) is 5.56 Å². The molecule has 0 aliphatic heterocycles. The molecule has 0 saturated heterocycles. The molecule has 0 fully saturated rings. The molecular weight excluding hydrogens is 238 g/mol. The number of hydrogen-bond donors (Lipinski definition) is 0. The van der Waals surface area contributed by atoms with Crippen molar-refractivity contribution in [3.8, 4) is 12.1 Å². The summed E-state index contributed by atoms with van der Waals surface area (Å²) in [4.78, 5) is 3.70. The van der Waals surface area contributed by atoms with Gasteiger partial charge in [-0.15, -0.1) is 0 Å². The second kappa shape index (κ2) is 4.64. The third kappa shape index (κ3) is 1.92. The second-order valence-electron chi connectivity index (χ2n) is 3.49. The van der Waals surface area contributed by atoms with Crippen molar-refractivity contribution in [1.29, 1.82) is 10.5 Å². The van der Waals surface area contributed by atoms with E-state index in [9.17, 15) is 8.78 Å². The quantitative estimate of drug-likeness (QED) is 0.810. The number of aromatic nitrogens is 2. The Labute approximate surface area is 101 Å². The molecule has 4 nitrogen and oxygen atoms in total. The fourth-order valence-electron chi connectivity index (χ4n) is 1.55. The van der Waals surface area contributed by atoms with E-state index in [4.69, 9.17) is 10.5 Å². The summed E-state index contributed by atoms with van der Waals surface area (Å²) in [6.07, 6.45) is 1.21. The highest BCUT2D eigenvalue weighted by Gasteiger charge is 2.14. The Morgan fingerprint density at radius 1 is 1.17 bits per heavy atom. The monoisotopic (exact) mass is 244 g/mol. The number of benzene rings is 1. The van der Waals surface area contributed by atoms with Crippen LogP contribution in [-0.2, 0) is 6.54 Å². The van der Waals surface area contributed by atoms with E-state index in [1.54, 1.807) is 12.1 Å². The predicted octanol–water partition coefficient (Wildman–Crippen LogP) is 1.95. The normalized spacial score (nSPS) is 9.78. The van der Waals surface area contributed by atoms with Crippen LogP contribution in [0, 0.1) is 34.3 Å². The maximum absolute atomic E-state index is 13.4. The SMILES string of the molecule is N#Cc1ncn(Cc2c(F)cccc2F)c1C#N. The van der Waals surface area contributed by atoms with Crippen molar-refractivity contribution in [2.24, 2.45) is 0 Å². The molecule has 0 spiro atoms. The van der Waals surface area contributed by atoms with E-state index in [0.717, 1.165) is 12.1 Å². The molecule has 2 rings (SSSR count). The van der Waals surface area contributed by atoms with Gasteiger partial charge in [-0.3, -0.25) is 0 Å². The van der Waals surface area contributed by atoms with E-state index >= 15 is 0 Å². The van der Waals surface area contributed by atoms with E-state index in [1.165, 1.54) is 17.0 Å². The van der Waals surface area contributed by atoms with Gasteiger partial charge in [0.15, 0.2) is 11.4 Å². The van der Waals surface area contributed by atoms with Gasteiger partial charge in [0.2, 0.25) is 0 Å². The lowest BCUT2D eigenvalue weighted by Crippen LogP contribution is -2.05. The molecule has 2 aromatic rings. The van der Waals surface area contributed by atoms with E-state index in [-0.39, 0.29) is 23.5 Å². The summed E-state index contributed by atoms with van der Waals surface area (Å²) in [5.41, 5.74) is -0.245. The maximum Gasteiger partial charge on any atom is 0.176 e. The number of hydrogen-bond acceptors (Lipinski definition) is 3. The van der Waals surface area contributed by atoms with Crippen LogP contribution < -0.4 is 0 Å². The Morgan fingerprint density at radius 3 is 2.39 bits per heavy atom. The lowest BCUT2D eigenvalue weighted by Gasteiger charge is -2.06. The second-order valence-corrected chi connectivity index (χ2v) is 3.49. The first kappa shape index (κ1) is 11.7. The Kier molecular flexibility index (Phi) is 3.03. The Bertz CT molecular complexity index is 656. The van der Waals surface area contributed by atoms with Crippen molar-refractivity contribution in [2.45, 2.75) is 6.54 Å². The minimum atomic E-state index is -0.703. The summed E-state index contributed by atoms with van der Waals surface area (Å²) in [6.45, 7) is -0.184. The molecule has 0 aliphatic rings. The van der Waals surface area contributed by atoms with Gasteiger partial charge in [-0.1, -0.05) is 6.07 Å². The Morgan fingerprint density at radius 2 is 1.83 bits per heavy atom. The standard InChI is InChI=1S/C12H6F2N4/c13-9-2-1-3-10(14)8(9)6-18-7-17-11(4-15)12(18)5-16/h1-3,7H,6H2. The minimum Gasteiger partial charge on any atom is -0.317 e. The Hall–Kier alpha value is -2.73. The minimum absolute atomic E-state index is 0.0137. The van der Waals surface area contributed by atoms with Crippen LogP contribution in [0.2, 0.25) is 0 Å². The van der Waals surface area contributed by atoms with Crippen LogP contribution in [0.4, 0.5) is 8.78 Å². The van der Waals surface area contributed by atoms with E-state index in [2.05, 4.69) is 4.98 Å². The van der Waals surface area contributed by atoms with Crippen molar-refractivity contribution < 1.29 is 8.78 Å². The van der Waals surface area contributed by atoms with Crippen LogP contribution in [0.1, 0.15) is 17.0 Å². The van der Waals surface area contributed by atoms with E-state index in [1.807, 2.05) is 0 Å². The summed E-state index contributed by atoms with van der Waals surface area (Å²) in [6, 6.07) is 7.05. The van der Waals surface area contributed by atoms with Crippen molar-refractivity contribution >= 4 is 0 Å². The van der Waals surface area contributed by atoms with Crippen molar-refractivity contribution in [3.63, 3.8) is 0 Å². The molecule has 1 aromatic carbocycles. The number of nitriles is 2. The molecule has 0 N–H and O–H groups in total. The summed E-state index contributed by atoms with van der Waals surface area (Å²) in [7, 11) is 0. The van der Waals surface area contributed by atoms with Gasteiger partial charge >= 0.3 is 0 Å². The van der Waals surface area contributed by atoms with Crippen LogP contribution in [0.3, 0.4) is 0 Å². The number of halogens is 2. The molecule has 0 bridgehead atoms. The fraction of sp³-hybridized carbons (Fsp3) is 0.0833. The van der Waals surface area contributed by atoms with Gasteiger partial charge < -0.3 is 4.57 Å². The third-order valence-electron chi connectivity index (χ3n) is 2.44. The molecule has 0 atom stereocenters. The first-order chi connectivity index (χ1) is 8.67. The molecule has 1 heterocycles. The van der Waals surface area contributed by atoms with Crippen LogP contribution >= 0.6 is 0 Å². The highest BCUT2D eigenvalue weighted by atomic mass is 19.1. The fourth-order valence-corrected chi connectivity index (χ4v) is 1.55. The molecule has 0 unspecified atom stereocenters. The van der Waals surface area contributed by atoms with Crippen LogP contribution in [-0.4, -0.2) is 9.55 Å².